The molecule has 0 aromatic heterocycles. The highest BCUT2D eigenvalue weighted by molar-refractivity contribution is 5.37. The van der Waals surface area contributed by atoms with Gasteiger partial charge in [0.05, 0.1) is 0 Å². The van der Waals surface area contributed by atoms with Crippen LogP contribution in [0.1, 0.15) is 37.3 Å². The number of hydrogen-bond acceptors (Lipinski definition) is 3. The maximum Gasteiger partial charge on any atom is 0.123 e. The number of benzene rings is 1. The fourth-order valence-electron chi connectivity index (χ4n) is 3.80. The van der Waals surface area contributed by atoms with Gasteiger partial charge >= 0.3 is 0 Å². The van der Waals surface area contributed by atoms with Gasteiger partial charge in [0.1, 0.15) is 12.4 Å². The van der Waals surface area contributed by atoms with Crippen LogP contribution in [-0.2, 0) is 11.3 Å². The average Bonchev–Trinajstić information content (AvgIpc) is 2.69. The summed E-state index contributed by atoms with van der Waals surface area (Å²) in [5.74, 6) is 2.68. The van der Waals surface area contributed by atoms with Crippen LogP contribution in [0.15, 0.2) is 18.2 Å². The van der Waals surface area contributed by atoms with Crippen molar-refractivity contribution in [2.45, 2.75) is 39.7 Å². The van der Waals surface area contributed by atoms with Gasteiger partial charge in [0, 0.05) is 38.4 Å². The topological polar surface area (TPSA) is 21.7 Å². The summed E-state index contributed by atoms with van der Waals surface area (Å²) in [7, 11) is 0. The van der Waals surface area contributed by atoms with E-state index in [9.17, 15) is 0 Å². The van der Waals surface area contributed by atoms with E-state index in [0.29, 0.717) is 0 Å². The molecule has 1 aromatic rings. The lowest BCUT2D eigenvalue weighted by Crippen LogP contribution is -2.31. The third kappa shape index (κ3) is 4.23. The van der Waals surface area contributed by atoms with Crippen LogP contribution in [0, 0.1) is 18.8 Å². The quantitative estimate of drug-likeness (QED) is 0.847. The lowest BCUT2D eigenvalue weighted by molar-refractivity contribution is 0.0566. The van der Waals surface area contributed by atoms with Crippen LogP contribution >= 0.6 is 0 Å². The Balaban J connectivity index is 1.55. The molecular formula is C19H29NO2. The minimum absolute atomic E-state index is 0.745. The van der Waals surface area contributed by atoms with Crippen molar-refractivity contribution >= 4 is 0 Å². The van der Waals surface area contributed by atoms with Crippen molar-refractivity contribution in [1.29, 1.82) is 0 Å². The Hall–Kier alpha value is -1.06. The van der Waals surface area contributed by atoms with E-state index < -0.39 is 0 Å². The predicted molar refractivity (Wildman–Crippen MR) is 89.3 cm³/mol. The summed E-state index contributed by atoms with van der Waals surface area (Å²) < 4.78 is 11.4. The smallest absolute Gasteiger partial charge is 0.123 e. The van der Waals surface area contributed by atoms with Crippen molar-refractivity contribution in [3.05, 3.63) is 29.3 Å². The summed E-state index contributed by atoms with van der Waals surface area (Å²) in [6, 6.07) is 6.54. The van der Waals surface area contributed by atoms with Crippen molar-refractivity contribution in [2.24, 2.45) is 11.8 Å². The number of ether oxygens (including phenoxy) is 2. The minimum atomic E-state index is 0.745. The van der Waals surface area contributed by atoms with E-state index in [1.807, 2.05) is 0 Å². The van der Waals surface area contributed by atoms with Crippen LogP contribution in [0.25, 0.3) is 0 Å². The van der Waals surface area contributed by atoms with Gasteiger partial charge in [0.15, 0.2) is 0 Å². The van der Waals surface area contributed by atoms with Crippen molar-refractivity contribution < 1.29 is 9.47 Å². The van der Waals surface area contributed by atoms with E-state index in [1.54, 1.807) is 0 Å². The second kappa shape index (κ2) is 7.47. The van der Waals surface area contributed by atoms with E-state index >= 15 is 0 Å². The third-order valence-corrected chi connectivity index (χ3v) is 4.92. The van der Waals surface area contributed by atoms with Crippen LogP contribution in [0.3, 0.4) is 0 Å². The Morgan fingerprint density at radius 3 is 2.86 bits per heavy atom. The summed E-state index contributed by atoms with van der Waals surface area (Å²) in [6.45, 7) is 10.5. The van der Waals surface area contributed by atoms with Gasteiger partial charge in [-0.3, -0.25) is 4.90 Å². The average molecular weight is 303 g/mol. The molecule has 2 aliphatic heterocycles. The van der Waals surface area contributed by atoms with E-state index in [4.69, 9.17) is 9.47 Å². The van der Waals surface area contributed by atoms with Gasteiger partial charge in [-0.15, -0.1) is 0 Å². The zero-order valence-electron chi connectivity index (χ0n) is 14.0. The molecule has 2 heterocycles. The Morgan fingerprint density at radius 1 is 1.23 bits per heavy atom. The van der Waals surface area contributed by atoms with Gasteiger partial charge in [-0.05, 0) is 44.1 Å². The Bertz CT molecular complexity index is 482. The fourth-order valence-corrected chi connectivity index (χ4v) is 3.80. The maximum atomic E-state index is 5.91. The molecule has 0 amide bonds. The van der Waals surface area contributed by atoms with Crippen molar-refractivity contribution in [1.82, 2.24) is 4.90 Å². The molecule has 0 bridgehead atoms. The summed E-state index contributed by atoms with van der Waals surface area (Å²) in [4.78, 5) is 2.56. The van der Waals surface area contributed by atoms with E-state index in [1.165, 1.54) is 36.9 Å². The Morgan fingerprint density at radius 2 is 2.05 bits per heavy atom. The van der Waals surface area contributed by atoms with Gasteiger partial charge in [-0.1, -0.05) is 24.6 Å². The van der Waals surface area contributed by atoms with Crippen LogP contribution in [-0.4, -0.2) is 37.8 Å². The molecule has 1 aromatic carbocycles. The monoisotopic (exact) mass is 303 g/mol. The zero-order valence-corrected chi connectivity index (χ0v) is 14.0. The highest BCUT2D eigenvalue weighted by Crippen LogP contribution is 2.27. The number of aryl methyl sites for hydroxylation is 1. The summed E-state index contributed by atoms with van der Waals surface area (Å²) >= 11 is 0. The fraction of sp³-hybridized carbons (Fsp3) is 0.684. The lowest BCUT2D eigenvalue weighted by Gasteiger charge is -2.28. The molecule has 3 nitrogen and oxygen atoms in total. The first-order valence-electron chi connectivity index (χ1n) is 8.73. The Labute approximate surface area is 134 Å². The molecule has 2 aliphatic rings. The van der Waals surface area contributed by atoms with Crippen LogP contribution in [0.4, 0.5) is 0 Å². The first kappa shape index (κ1) is 15.8. The summed E-state index contributed by atoms with van der Waals surface area (Å²) in [6.07, 6.45) is 3.83. The molecule has 1 fully saturated rings. The number of rotatable bonds is 4. The van der Waals surface area contributed by atoms with Crippen LogP contribution in [0.5, 0.6) is 5.75 Å². The van der Waals surface area contributed by atoms with Crippen LogP contribution in [0.2, 0.25) is 0 Å². The molecule has 1 atom stereocenters. The van der Waals surface area contributed by atoms with Crippen LogP contribution < -0.4 is 4.74 Å². The molecule has 1 saturated heterocycles. The van der Waals surface area contributed by atoms with Gasteiger partial charge in [-0.25, -0.2) is 0 Å². The standard InChI is InChI=1S/C19H29NO2/c1-15-3-4-19-18(12-15)14-20(7-10-22-19)13-16(2)11-17-5-8-21-9-6-17/h3-4,12,16-17H,5-11,13-14H2,1-2H3. The zero-order chi connectivity index (χ0) is 15.4. The highest BCUT2D eigenvalue weighted by Gasteiger charge is 2.21. The molecule has 0 saturated carbocycles. The van der Waals surface area contributed by atoms with Crippen molar-refractivity contribution in [3.8, 4) is 5.75 Å². The molecule has 3 rings (SSSR count). The molecule has 22 heavy (non-hydrogen) atoms. The molecule has 3 heteroatoms. The minimum Gasteiger partial charge on any atom is -0.492 e. The molecule has 0 N–H and O–H groups in total. The molecule has 0 radical (unpaired) electrons. The molecule has 1 unspecified atom stereocenters. The largest absolute Gasteiger partial charge is 0.492 e. The second-order valence-electron chi connectivity index (χ2n) is 7.09. The normalized spacial score (nSPS) is 21.7. The molecule has 122 valence electrons. The molecular weight excluding hydrogens is 274 g/mol. The third-order valence-electron chi connectivity index (χ3n) is 4.92. The van der Waals surface area contributed by atoms with E-state index in [2.05, 4.69) is 36.9 Å². The maximum absolute atomic E-state index is 5.91. The predicted octanol–water partition coefficient (Wildman–Crippen LogP) is 3.64. The van der Waals surface area contributed by atoms with Gasteiger partial charge in [-0.2, -0.15) is 0 Å². The number of hydrogen-bond donors (Lipinski definition) is 0. The first-order valence-corrected chi connectivity index (χ1v) is 8.73. The van der Waals surface area contributed by atoms with Crippen molar-refractivity contribution in [2.75, 3.05) is 32.9 Å². The molecule has 0 aliphatic carbocycles. The SMILES string of the molecule is Cc1ccc2c(c1)CN(CC(C)CC1CCOCC1)CCO2. The summed E-state index contributed by atoms with van der Waals surface area (Å²) in [5, 5.41) is 0. The molecule has 0 spiro atoms. The second-order valence-corrected chi connectivity index (χ2v) is 7.09. The number of nitrogens with zero attached hydrogens (tertiary/aromatic N) is 1. The van der Waals surface area contributed by atoms with Crippen molar-refractivity contribution in [3.63, 3.8) is 0 Å². The number of fused-ring (bicyclic) bond motifs is 1. The van der Waals surface area contributed by atoms with Gasteiger partial charge in [0.25, 0.3) is 0 Å². The first-order chi connectivity index (χ1) is 10.7. The lowest BCUT2D eigenvalue weighted by atomic mass is 9.89. The van der Waals surface area contributed by atoms with Gasteiger partial charge < -0.3 is 9.47 Å². The Kier molecular flexibility index (Phi) is 5.37. The van der Waals surface area contributed by atoms with Gasteiger partial charge in [0.2, 0.25) is 0 Å². The highest BCUT2D eigenvalue weighted by atomic mass is 16.5. The van der Waals surface area contributed by atoms with E-state index in [-0.39, 0.29) is 0 Å². The summed E-state index contributed by atoms with van der Waals surface area (Å²) in [5.41, 5.74) is 2.66. The van der Waals surface area contributed by atoms with E-state index in [0.717, 1.165) is 50.5 Å².